The molecule has 2 rings (SSSR count). The first kappa shape index (κ1) is 14.6. The Kier molecular flexibility index (Phi) is 4.79. The number of ether oxygens (including phenoxy) is 1. The van der Waals surface area contributed by atoms with Gasteiger partial charge >= 0.3 is 0 Å². The van der Waals surface area contributed by atoms with E-state index < -0.39 is 0 Å². The Bertz CT molecular complexity index is 608. The summed E-state index contributed by atoms with van der Waals surface area (Å²) in [5, 5.41) is 0. The van der Waals surface area contributed by atoms with Gasteiger partial charge in [-0.15, -0.1) is 11.8 Å². The summed E-state index contributed by atoms with van der Waals surface area (Å²) < 4.78 is 18.0. The van der Waals surface area contributed by atoms with Crippen molar-refractivity contribution in [2.45, 2.75) is 11.8 Å². The second-order valence-electron chi connectivity index (χ2n) is 4.37. The fourth-order valence-electron chi connectivity index (χ4n) is 1.79. The highest BCUT2D eigenvalue weighted by Crippen LogP contribution is 2.24. The highest BCUT2D eigenvalue weighted by Gasteiger charge is 2.12. The van der Waals surface area contributed by atoms with Crippen molar-refractivity contribution >= 4 is 17.5 Å². The summed E-state index contributed by atoms with van der Waals surface area (Å²) in [6.07, 6.45) is 0. The average molecular weight is 290 g/mol. The van der Waals surface area contributed by atoms with Crippen molar-refractivity contribution < 1.29 is 13.9 Å². The molecule has 0 amide bonds. The van der Waals surface area contributed by atoms with E-state index in [-0.39, 0.29) is 11.6 Å². The van der Waals surface area contributed by atoms with Gasteiger partial charge in [-0.05, 0) is 48.9 Å². The third kappa shape index (κ3) is 3.61. The second-order valence-corrected chi connectivity index (χ2v) is 5.42. The van der Waals surface area contributed by atoms with Gasteiger partial charge in [0.25, 0.3) is 0 Å². The molecule has 0 saturated heterocycles. The molecule has 0 heterocycles. The number of halogens is 1. The van der Waals surface area contributed by atoms with Crippen LogP contribution in [0.2, 0.25) is 0 Å². The number of aryl methyl sites for hydroxylation is 1. The van der Waals surface area contributed by atoms with Gasteiger partial charge in [-0.1, -0.05) is 6.07 Å². The molecular formula is C16H15FO2S. The van der Waals surface area contributed by atoms with E-state index in [2.05, 4.69) is 0 Å². The zero-order chi connectivity index (χ0) is 14.5. The maximum atomic E-state index is 12.8. The molecule has 0 unspecified atom stereocenters. The first-order chi connectivity index (χ1) is 9.60. The van der Waals surface area contributed by atoms with E-state index in [9.17, 15) is 9.18 Å². The number of carbonyl (C=O) groups is 1. The lowest BCUT2D eigenvalue weighted by molar-refractivity contribution is 0.101. The lowest BCUT2D eigenvalue weighted by Crippen LogP contribution is -2.05. The average Bonchev–Trinajstić information content (AvgIpc) is 2.46. The minimum Gasteiger partial charge on any atom is -0.496 e. The topological polar surface area (TPSA) is 26.3 Å². The van der Waals surface area contributed by atoms with Crippen molar-refractivity contribution in [1.29, 1.82) is 0 Å². The van der Waals surface area contributed by atoms with Crippen LogP contribution in [0.3, 0.4) is 0 Å². The molecule has 20 heavy (non-hydrogen) atoms. The smallest absolute Gasteiger partial charge is 0.176 e. The van der Waals surface area contributed by atoms with Crippen LogP contribution in [0.1, 0.15) is 15.9 Å². The predicted molar refractivity (Wildman–Crippen MR) is 79.2 cm³/mol. The lowest BCUT2D eigenvalue weighted by atomic mass is 10.1. The summed E-state index contributed by atoms with van der Waals surface area (Å²) in [5.74, 6) is 0.608. The van der Waals surface area contributed by atoms with Crippen LogP contribution < -0.4 is 4.74 Å². The van der Waals surface area contributed by atoms with Crippen molar-refractivity contribution in [1.82, 2.24) is 0 Å². The number of thioether (sulfide) groups is 1. The molecule has 104 valence electrons. The first-order valence-corrected chi connectivity index (χ1v) is 7.15. The van der Waals surface area contributed by atoms with Crippen LogP contribution in [-0.2, 0) is 0 Å². The maximum absolute atomic E-state index is 12.8. The molecule has 0 bridgehead atoms. The summed E-state index contributed by atoms with van der Waals surface area (Å²) in [6, 6.07) is 11.6. The number of carbonyl (C=O) groups excluding carboxylic acids is 1. The Labute approximate surface area is 122 Å². The molecule has 0 aliphatic heterocycles. The Morgan fingerprint density at radius 3 is 2.55 bits per heavy atom. The summed E-state index contributed by atoms with van der Waals surface area (Å²) in [5.41, 5.74) is 1.62. The first-order valence-electron chi connectivity index (χ1n) is 6.16. The van der Waals surface area contributed by atoms with E-state index >= 15 is 0 Å². The minimum absolute atomic E-state index is 0.00354. The Morgan fingerprint density at radius 1 is 1.20 bits per heavy atom. The van der Waals surface area contributed by atoms with Crippen molar-refractivity contribution in [2.24, 2.45) is 0 Å². The predicted octanol–water partition coefficient (Wildman–Crippen LogP) is 4.12. The van der Waals surface area contributed by atoms with Gasteiger partial charge in [-0.3, -0.25) is 4.79 Å². The van der Waals surface area contributed by atoms with Gasteiger partial charge in [0.15, 0.2) is 5.78 Å². The Morgan fingerprint density at radius 2 is 1.90 bits per heavy atom. The normalized spacial score (nSPS) is 10.3. The van der Waals surface area contributed by atoms with Crippen LogP contribution in [0.4, 0.5) is 4.39 Å². The van der Waals surface area contributed by atoms with E-state index in [0.29, 0.717) is 17.1 Å². The van der Waals surface area contributed by atoms with Crippen LogP contribution in [0.25, 0.3) is 0 Å². The van der Waals surface area contributed by atoms with E-state index in [1.807, 2.05) is 19.1 Å². The summed E-state index contributed by atoms with van der Waals surface area (Å²) >= 11 is 1.38. The highest BCUT2D eigenvalue weighted by atomic mass is 32.2. The fourth-order valence-corrected chi connectivity index (χ4v) is 2.57. The van der Waals surface area contributed by atoms with E-state index in [1.54, 1.807) is 25.3 Å². The molecule has 0 atom stereocenters. The molecule has 2 aromatic carbocycles. The number of hydrogen-bond donors (Lipinski definition) is 0. The van der Waals surface area contributed by atoms with E-state index in [0.717, 1.165) is 10.5 Å². The van der Waals surface area contributed by atoms with Gasteiger partial charge in [-0.2, -0.15) is 0 Å². The van der Waals surface area contributed by atoms with Crippen LogP contribution in [0, 0.1) is 12.7 Å². The monoisotopic (exact) mass is 290 g/mol. The van der Waals surface area contributed by atoms with Gasteiger partial charge in [0.1, 0.15) is 11.6 Å². The summed E-state index contributed by atoms with van der Waals surface area (Å²) in [7, 11) is 1.55. The molecule has 0 fully saturated rings. The SMILES string of the molecule is COc1cc(C)ccc1C(=O)CSc1ccc(F)cc1. The van der Waals surface area contributed by atoms with Crippen LogP contribution in [-0.4, -0.2) is 18.6 Å². The van der Waals surface area contributed by atoms with Gasteiger partial charge in [-0.25, -0.2) is 4.39 Å². The number of hydrogen-bond acceptors (Lipinski definition) is 3. The largest absolute Gasteiger partial charge is 0.496 e. The fraction of sp³-hybridized carbons (Fsp3) is 0.188. The Balaban J connectivity index is 2.07. The van der Waals surface area contributed by atoms with Crippen molar-refractivity contribution in [3.05, 3.63) is 59.4 Å². The molecule has 0 spiro atoms. The maximum Gasteiger partial charge on any atom is 0.176 e. The van der Waals surface area contributed by atoms with Gasteiger partial charge in [0, 0.05) is 4.90 Å². The Hall–Kier alpha value is -1.81. The zero-order valence-electron chi connectivity index (χ0n) is 11.4. The number of methoxy groups -OCH3 is 1. The van der Waals surface area contributed by atoms with Crippen molar-refractivity contribution in [3.63, 3.8) is 0 Å². The molecule has 2 aromatic rings. The van der Waals surface area contributed by atoms with Crippen molar-refractivity contribution in [3.8, 4) is 5.75 Å². The lowest BCUT2D eigenvalue weighted by Gasteiger charge is -2.08. The molecule has 0 aliphatic rings. The number of Topliss-reactive ketones (excluding diaryl/α,β-unsaturated/α-hetero) is 1. The van der Waals surface area contributed by atoms with E-state index in [4.69, 9.17) is 4.74 Å². The number of rotatable bonds is 5. The van der Waals surface area contributed by atoms with Gasteiger partial charge < -0.3 is 4.74 Å². The molecule has 0 N–H and O–H groups in total. The standard InChI is InChI=1S/C16H15FO2S/c1-11-3-8-14(16(9-11)19-2)15(18)10-20-13-6-4-12(17)5-7-13/h3-9H,10H2,1-2H3. The summed E-state index contributed by atoms with van der Waals surface area (Å²) in [4.78, 5) is 13.1. The van der Waals surface area contributed by atoms with Crippen LogP contribution in [0.15, 0.2) is 47.4 Å². The van der Waals surface area contributed by atoms with Crippen molar-refractivity contribution in [2.75, 3.05) is 12.9 Å². The molecule has 2 nitrogen and oxygen atoms in total. The van der Waals surface area contributed by atoms with Crippen LogP contribution in [0.5, 0.6) is 5.75 Å². The molecule has 0 aromatic heterocycles. The van der Waals surface area contributed by atoms with Gasteiger partial charge in [0.05, 0.1) is 18.4 Å². The quantitative estimate of drug-likeness (QED) is 0.612. The summed E-state index contributed by atoms with van der Waals surface area (Å²) in [6.45, 7) is 1.95. The zero-order valence-corrected chi connectivity index (χ0v) is 12.2. The molecule has 0 radical (unpaired) electrons. The number of benzene rings is 2. The molecular weight excluding hydrogens is 275 g/mol. The molecule has 0 aliphatic carbocycles. The molecule has 0 saturated carbocycles. The third-order valence-corrected chi connectivity index (χ3v) is 3.85. The van der Waals surface area contributed by atoms with Gasteiger partial charge in [0.2, 0.25) is 0 Å². The van der Waals surface area contributed by atoms with Crippen LogP contribution >= 0.6 is 11.8 Å². The third-order valence-electron chi connectivity index (χ3n) is 2.84. The molecule has 4 heteroatoms. The second kappa shape index (κ2) is 6.57. The highest BCUT2D eigenvalue weighted by molar-refractivity contribution is 8.00. The minimum atomic E-state index is -0.277. The van der Waals surface area contributed by atoms with E-state index in [1.165, 1.54) is 23.9 Å². The number of ketones is 1.